The lowest BCUT2D eigenvalue weighted by Crippen LogP contribution is -2.51. The highest BCUT2D eigenvalue weighted by Crippen LogP contribution is 2.35. The van der Waals surface area contributed by atoms with Crippen LogP contribution in [0.15, 0.2) is 142 Å². The Balaban J connectivity index is 0.000000400. The van der Waals surface area contributed by atoms with E-state index in [1.165, 1.54) is 5.56 Å². The van der Waals surface area contributed by atoms with Crippen LogP contribution in [0, 0.1) is 6.92 Å². The summed E-state index contributed by atoms with van der Waals surface area (Å²) in [5.41, 5.74) is 12.1. The van der Waals surface area contributed by atoms with Crippen molar-refractivity contribution < 1.29 is 4.79 Å². The van der Waals surface area contributed by atoms with Gasteiger partial charge in [0.1, 0.15) is 0 Å². The van der Waals surface area contributed by atoms with E-state index in [0.29, 0.717) is 12.5 Å². The fraction of sp³-hybridized carbons (Fsp3) is 0.268. The van der Waals surface area contributed by atoms with Crippen LogP contribution in [0.3, 0.4) is 0 Å². The summed E-state index contributed by atoms with van der Waals surface area (Å²) in [5.74, 6) is -0.0784. The second-order valence-corrected chi connectivity index (χ2v) is 10.9. The third-order valence-corrected chi connectivity index (χ3v) is 7.61. The Morgan fingerprint density at radius 2 is 1.60 bits per heavy atom. The van der Waals surface area contributed by atoms with Crippen LogP contribution in [-0.2, 0) is 18.3 Å². The molecule has 0 bridgehead atoms. The van der Waals surface area contributed by atoms with Gasteiger partial charge in [-0.15, -0.1) is 13.2 Å². The molecule has 6 heteroatoms. The number of aromatic nitrogens is 3. The first-order valence-electron chi connectivity index (χ1n) is 16.3. The number of carbonyl (C=O) groups excluding carboxylic acids is 1. The second-order valence-electron chi connectivity index (χ2n) is 10.9. The molecule has 1 saturated carbocycles. The smallest absolute Gasteiger partial charge is 0.237 e. The van der Waals surface area contributed by atoms with E-state index < -0.39 is 6.04 Å². The maximum Gasteiger partial charge on any atom is 0.237 e. The van der Waals surface area contributed by atoms with Crippen molar-refractivity contribution >= 4 is 16.8 Å². The Hall–Kier alpha value is -4.94. The summed E-state index contributed by atoms with van der Waals surface area (Å²) < 4.78 is 4.30. The summed E-state index contributed by atoms with van der Waals surface area (Å²) in [4.78, 5) is 17.1. The molecule has 1 atom stereocenters. The summed E-state index contributed by atoms with van der Waals surface area (Å²) in [6, 6.07) is 28.7. The molecule has 0 radical (unpaired) electrons. The normalized spacial score (nSPS) is 15.1. The largest absolute Gasteiger partial charge is 0.352 e. The Bertz CT molecular complexity index is 1630. The predicted molar refractivity (Wildman–Crippen MR) is 201 cm³/mol. The first-order valence-corrected chi connectivity index (χ1v) is 16.3. The van der Waals surface area contributed by atoms with Crippen LogP contribution in [0.5, 0.6) is 0 Å². The number of fused-ring (bicyclic) bond motifs is 1. The van der Waals surface area contributed by atoms with Gasteiger partial charge in [0.05, 0.1) is 24.3 Å². The Kier molecular flexibility index (Phi) is 17.1. The van der Waals surface area contributed by atoms with Gasteiger partial charge in [-0.05, 0) is 50.3 Å². The monoisotopic (exact) mass is 631 g/mol. The zero-order valence-corrected chi connectivity index (χ0v) is 28.8. The van der Waals surface area contributed by atoms with E-state index in [0.717, 1.165) is 40.6 Å². The zero-order chi connectivity index (χ0) is 34.6. The number of hydrogen-bond donors (Lipinski definition) is 2. The highest BCUT2D eigenvalue weighted by Gasteiger charge is 2.33. The van der Waals surface area contributed by atoms with Gasteiger partial charge in [-0.3, -0.25) is 4.79 Å². The molecule has 3 aromatic carbocycles. The Labute approximate surface area is 282 Å². The highest BCUT2D eigenvalue weighted by molar-refractivity contribution is 5.86. The molecule has 6 nitrogen and oxygen atoms in total. The number of hydrogen-bond acceptors (Lipinski definition) is 3. The van der Waals surface area contributed by atoms with Gasteiger partial charge in [-0.1, -0.05) is 123 Å². The van der Waals surface area contributed by atoms with Crippen LogP contribution in [0.1, 0.15) is 50.8 Å². The minimum Gasteiger partial charge on any atom is -0.352 e. The molecule has 0 aliphatic heterocycles. The standard InChI is InChI=1S/C25H27N5O.C7H8.C5H8.C2H6.C2H4/c1-29-15-18(21-9-5-6-10-23(21)29)11-22(26)25(31)28-19-12-20(13-19)30-16-27-14-24(30)17-7-3-2-4-8-17;1-7-5-3-2-4-6-7;1-3-5-4-2;2*1-2/h2-10,14-16,19-20,22H,11-13,26H2,1H3,(H,28,31);2-6H,1H3;3-5H,1H2,2H3;1-2H3;1-2H2/b;;5-4-;;. The summed E-state index contributed by atoms with van der Waals surface area (Å²) in [6.07, 6.45) is 13.8. The molecule has 0 spiro atoms. The number of nitrogens with two attached hydrogens (primary N) is 1. The minimum absolute atomic E-state index is 0.0784. The fourth-order valence-electron chi connectivity index (χ4n) is 5.26. The summed E-state index contributed by atoms with van der Waals surface area (Å²) in [6.45, 7) is 17.5. The molecule has 248 valence electrons. The van der Waals surface area contributed by atoms with Crippen molar-refractivity contribution in [3.8, 4) is 11.3 Å². The molecule has 6 rings (SSSR count). The quantitative estimate of drug-likeness (QED) is 0.139. The first kappa shape index (κ1) is 38.2. The molecule has 1 amide bonds. The van der Waals surface area contributed by atoms with Crippen molar-refractivity contribution in [3.63, 3.8) is 0 Å². The Morgan fingerprint density at radius 3 is 2.15 bits per heavy atom. The summed E-state index contributed by atoms with van der Waals surface area (Å²) >= 11 is 0. The maximum atomic E-state index is 12.7. The van der Waals surface area contributed by atoms with Gasteiger partial charge < -0.3 is 20.2 Å². The molecule has 3 N–H and O–H groups in total. The number of para-hydroxylation sites is 1. The number of amides is 1. The van der Waals surface area contributed by atoms with Crippen molar-refractivity contribution in [1.29, 1.82) is 0 Å². The van der Waals surface area contributed by atoms with E-state index in [1.54, 1.807) is 6.08 Å². The molecule has 1 aliphatic carbocycles. The van der Waals surface area contributed by atoms with Gasteiger partial charge in [0.2, 0.25) is 5.91 Å². The number of rotatable bonds is 7. The van der Waals surface area contributed by atoms with E-state index in [1.807, 2.05) is 101 Å². The van der Waals surface area contributed by atoms with E-state index in [4.69, 9.17) is 5.73 Å². The van der Waals surface area contributed by atoms with Crippen molar-refractivity contribution in [2.45, 2.75) is 65.1 Å². The molecule has 1 unspecified atom stereocenters. The van der Waals surface area contributed by atoms with E-state index in [2.05, 4.69) is 88.7 Å². The molecule has 47 heavy (non-hydrogen) atoms. The molecule has 5 aromatic rings. The van der Waals surface area contributed by atoms with Crippen LogP contribution >= 0.6 is 0 Å². The van der Waals surface area contributed by atoms with Gasteiger partial charge in [-0.25, -0.2) is 4.98 Å². The van der Waals surface area contributed by atoms with Crippen LogP contribution in [0.25, 0.3) is 22.2 Å². The van der Waals surface area contributed by atoms with Crippen molar-refractivity contribution in [2.24, 2.45) is 12.8 Å². The lowest BCUT2D eigenvalue weighted by molar-refractivity contribution is -0.123. The van der Waals surface area contributed by atoms with Gasteiger partial charge >= 0.3 is 0 Å². The third kappa shape index (κ3) is 11.4. The maximum absolute atomic E-state index is 12.7. The Morgan fingerprint density at radius 1 is 1.00 bits per heavy atom. The van der Waals surface area contributed by atoms with Crippen molar-refractivity contribution in [1.82, 2.24) is 19.4 Å². The number of allylic oxidation sites excluding steroid dienone is 3. The predicted octanol–water partition coefficient (Wildman–Crippen LogP) is 9.00. The SMILES string of the molecule is C=C.C=C/C=C\C.CC.Cc1ccccc1.Cn1cc(CC(N)C(=O)NC2CC(n3cncc3-c3ccccc3)C2)c2ccccc21. The summed E-state index contributed by atoms with van der Waals surface area (Å²) in [5, 5.41) is 4.30. The number of nitrogens with one attached hydrogen (secondary N) is 1. The molecule has 2 aromatic heterocycles. The number of imidazole rings is 1. The summed E-state index contributed by atoms with van der Waals surface area (Å²) in [7, 11) is 2.02. The third-order valence-electron chi connectivity index (χ3n) is 7.61. The highest BCUT2D eigenvalue weighted by atomic mass is 16.2. The van der Waals surface area contributed by atoms with E-state index in [9.17, 15) is 4.79 Å². The van der Waals surface area contributed by atoms with Crippen LogP contribution in [0.4, 0.5) is 0 Å². The molecule has 2 heterocycles. The van der Waals surface area contributed by atoms with Crippen LogP contribution in [-0.4, -0.2) is 32.1 Å². The van der Waals surface area contributed by atoms with E-state index >= 15 is 0 Å². The van der Waals surface area contributed by atoms with Gasteiger partial charge in [0.25, 0.3) is 0 Å². The molecular weight excluding hydrogens is 578 g/mol. The number of aryl methyl sites for hydroxylation is 2. The minimum atomic E-state index is -0.557. The molecule has 1 fully saturated rings. The number of nitrogens with zero attached hydrogens (tertiary/aromatic N) is 3. The van der Waals surface area contributed by atoms with Gasteiger partial charge in [0, 0.05) is 36.2 Å². The average molecular weight is 632 g/mol. The van der Waals surface area contributed by atoms with Crippen LogP contribution in [0.2, 0.25) is 0 Å². The van der Waals surface area contributed by atoms with Gasteiger partial charge in [0.15, 0.2) is 0 Å². The lowest BCUT2D eigenvalue weighted by atomic mass is 9.86. The molecule has 0 saturated heterocycles. The average Bonchev–Trinajstić information content (AvgIpc) is 3.70. The first-order chi connectivity index (χ1) is 22.9. The second kappa shape index (κ2) is 21.0. The van der Waals surface area contributed by atoms with Crippen molar-refractivity contribution in [2.75, 3.05) is 0 Å². The molecule has 1 aliphatic rings. The van der Waals surface area contributed by atoms with E-state index in [-0.39, 0.29) is 11.9 Å². The number of benzene rings is 3. The fourth-order valence-corrected chi connectivity index (χ4v) is 5.26. The zero-order valence-electron chi connectivity index (χ0n) is 28.8. The lowest BCUT2D eigenvalue weighted by Gasteiger charge is -2.38. The number of carbonyl (C=O) groups is 1. The topological polar surface area (TPSA) is 77.9 Å². The van der Waals surface area contributed by atoms with Gasteiger partial charge in [-0.2, -0.15) is 0 Å². The molecular formula is C41H53N5O. The van der Waals surface area contributed by atoms with Crippen LogP contribution < -0.4 is 11.1 Å². The van der Waals surface area contributed by atoms with Crippen molar-refractivity contribution in [3.05, 3.63) is 153 Å².